The third-order valence-corrected chi connectivity index (χ3v) is 2.86. The Morgan fingerprint density at radius 3 is 2.69 bits per heavy atom. The molecule has 0 spiro atoms. The molecule has 3 N–H and O–H groups in total. The van der Waals surface area contributed by atoms with Crippen molar-refractivity contribution in [2.75, 3.05) is 11.1 Å². The highest BCUT2D eigenvalue weighted by Crippen LogP contribution is 2.25. The number of hydrogen-bond acceptors (Lipinski definition) is 2. The van der Waals surface area contributed by atoms with Crippen LogP contribution in [0.5, 0.6) is 0 Å². The first-order valence-electron chi connectivity index (χ1n) is 5.04. The molecule has 2 rings (SSSR count). The van der Waals surface area contributed by atoms with E-state index in [0.717, 1.165) is 21.5 Å². The minimum absolute atomic E-state index is 0.762. The van der Waals surface area contributed by atoms with E-state index in [1.165, 1.54) is 5.56 Å². The summed E-state index contributed by atoms with van der Waals surface area (Å²) in [5.74, 6) is 0. The molecule has 82 valence electrons. The summed E-state index contributed by atoms with van der Waals surface area (Å²) in [6.07, 6.45) is 0. The van der Waals surface area contributed by atoms with Crippen molar-refractivity contribution in [3.05, 3.63) is 52.5 Å². The number of nitrogens with two attached hydrogens (primary N) is 1. The van der Waals surface area contributed by atoms with Crippen LogP contribution in [0.25, 0.3) is 0 Å². The fourth-order valence-electron chi connectivity index (χ4n) is 1.50. The Hall–Kier alpha value is -1.48. The second-order valence-electron chi connectivity index (χ2n) is 3.71. The van der Waals surface area contributed by atoms with Crippen molar-refractivity contribution in [3.8, 4) is 0 Å². The Bertz CT molecular complexity index is 509. The predicted molar refractivity (Wildman–Crippen MR) is 73.0 cm³/mol. The number of nitrogens with one attached hydrogen (secondary N) is 1. The van der Waals surface area contributed by atoms with E-state index in [1.807, 2.05) is 30.3 Å². The Balaban J connectivity index is 2.30. The van der Waals surface area contributed by atoms with Crippen molar-refractivity contribution in [1.82, 2.24) is 0 Å². The van der Waals surface area contributed by atoms with Crippen LogP contribution in [0.4, 0.5) is 17.1 Å². The van der Waals surface area contributed by atoms with Gasteiger partial charge in [-0.25, -0.2) is 0 Å². The number of nitrogen functional groups attached to an aromatic ring is 1. The van der Waals surface area contributed by atoms with Gasteiger partial charge in [-0.3, -0.25) is 0 Å². The van der Waals surface area contributed by atoms with Gasteiger partial charge in [0.2, 0.25) is 0 Å². The van der Waals surface area contributed by atoms with E-state index in [9.17, 15) is 0 Å². The average molecular weight is 277 g/mol. The number of anilines is 3. The van der Waals surface area contributed by atoms with Gasteiger partial charge in [-0.05, 0) is 42.8 Å². The van der Waals surface area contributed by atoms with Crippen molar-refractivity contribution in [3.63, 3.8) is 0 Å². The monoisotopic (exact) mass is 276 g/mol. The van der Waals surface area contributed by atoms with E-state index >= 15 is 0 Å². The molecule has 0 aromatic heterocycles. The Morgan fingerprint density at radius 2 is 1.94 bits per heavy atom. The van der Waals surface area contributed by atoms with E-state index in [0.29, 0.717) is 0 Å². The number of halogens is 1. The van der Waals surface area contributed by atoms with E-state index in [-0.39, 0.29) is 0 Å². The van der Waals surface area contributed by atoms with Gasteiger partial charge in [-0.1, -0.05) is 28.1 Å². The van der Waals surface area contributed by atoms with Gasteiger partial charge in [-0.2, -0.15) is 0 Å². The first kappa shape index (κ1) is 11.0. The minimum Gasteiger partial charge on any atom is -0.399 e. The summed E-state index contributed by atoms with van der Waals surface area (Å²) >= 11 is 3.46. The molecular weight excluding hydrogens is 264 g/mol. The molecule has 0 amide bonds. The fourth-order valence-corrected chi connectivity index (χ4v) is 1.86. The number of hydrogen-bond donors (Lipinski definition) is 2. The zero-order chi connectivity index (χ0) is 11.5. The fraction of sp³-hybridized carbons (Fsp3) is 0.0769. The lowest BCUT2D eigenvalue weighted by atomic mass is 10.2. The maximum Gasteiger partial charge on any atom is 0.0425 e. The molecule has 3 heteroatoms. The van der Waals surface area contributed by atoms with E-state index in [1.54, 1.807) is 0 Å². The molecule has 0 aliphatic heterocycles. The van der Waals surface area contributed by atoms with Crippen LogP contribution in [-0.4, -0.2) is 0 Å². The van der Waals surface area contributed by atoms with Gasteiger partial charge in [0.25, 0.3) is 0 Å². The number of benzene rings is 2. The minimum atomic E-state index is 0.762. The lowest BCUT2D eigenvalue weighted by molar-refractivity contribution is 1.42. The summed E-state index contributed by atoms with van der Waals surface area (Å²) in [7, 11) is 0. The predicted octanol–water partition coefficient (Wildman–Crippen LogP) is 4.08. The molecule has 0 saturated carbocycles. The Kier molecular flexibility index (Phi) is 3.15. The van der Waals surface area contributed by atoms with E-state index in [2.05, 4.69) is 40.3 Å². The molecule has 0 heterocycles. The van der Waals surface area contributed by atoms with Crippen molar-refractivity contribution >= 4 is 33.0 Å². The average Bonchev–Trinajstić information content (AvgIpc) is 2.24. The second-order valence-corrected chi connectivity index (χ2v) is 4.63. The van der Waals surface area contributed by atoms with Crippen molar-refractivity contribution in [1.29, 1.82) is 0 Å². The van der Waals surface area contributed by atoms with Gasteiger partial charge in [0, 0.05) is 21.5 Å². The van der Waals surface area contributed by atoms with Gasteiger partial charge in [0.05, 0.1) is 0 Å². The molecule has 0 fully saturated rings. The number of aryl methyl sites for hydroxylation is 1. The second kappa shape index (κ2) is 4.58. The lowest BCUT2D eigenvalue weighted by Crippen LogP contribution is -1.94. The molecular formula is C13H13BrN2. The van der Waals surface area contributed by atoms with Crippen molar-refractivity contribution in [2.45, 2.75) is 6.92 Å². The SMILES string of the molecule is Cc1ccc(Br)cc1Nc1cccc(N)c1. The van der Waals surface area contributed by atoms with Crippen LogP contribution < -0.4 is 11.1 Å². The lowest BCUT2D eigenvalue weighted by Gasteiger charge is -2.10. The largest absolute Gasteiger partial charge is 0.399 e. The summed E-state index contributed by atoms with van der Waals surface area (Å²) in [5, 5.41) is 3.34. The van der Waals surface area contributed by atoms with Gasteiger partial charge < -0.3 is 11.1 Å². The zero-order valence-electron chi connectivity index (χ0n) is 9.00. The first-order chi connectivity index (χ1) is 7.65. The van der Waals surface area contributed by atoms with Crippen LogP contribution in [0, 0.1) is 6.92 Å². The third-order valence-electron chi connectivity index (χ3n) is 2.37. The third kappa shape index (κ3) is 2.55. The Morgan fingerprint density at radius 1 is 1.12 bits per heavy atom. The van der Waals surface area contributed by atoms with Crippen molar-refractivity contribution in [2.24, 2.45) is 0 Å². The molecule has 0 atom stereocenters. The van der Waals surface area contributed by atoms with Gasteiger partial charge in [0.1, 0.15) is 0 Å². The van der Waals surface area contributed by atoms with Crippen LogP contribution >= 0.6 is 15.9 Å². The van der Waals surface area contributed by atoms with E-state index < -0.39 is 0 Å². The van der Waals surface area contributed by atoms with Crippen LogP contribution in [-0.2, 0) is 0 Å². The maximum absolute atomic E-state index is 5.73. The van der Waals surface area contributed by atoms with E-state index in [4.69, 9.17) is 5.73 Å². The summed E-state index contributed by atoms with van der Waals surface area (Å²) in [5.41, 5.74) is 9.78. The standard InChI is InChI=1S/C13H13BrN2/c1-9-5-6-10(14)7-13(9)16-12-4-2-3-11(15)8-12/h2-8,16H,15H2,1H3. The molecule has 0 unspecified atom stereocenters. The highest BCUT2D eigenvalue weighted by atomic mass is 79.9. The van der Waals surface area contributed by atoms with Crippen molar-refractivity contribution < 1.29 is 0 Å². The quantitative estimate of drug-likeness (QED) is 0.811. The summed E-state index contributed by atoms with van der Waals surface area (Å²) < 4.78 is 1.06. The smallest absolute Gasteiger partial charge is 0.0425 e. The Labute approximate surface area is 104 Å². The first-order valence-corrected chi connectivity index (χ1v) is 5.83. The van der Waals surface area contributed by atoms with Crippen LogP contribution in [0.1, 0.15) is 5.56 Å². The highest BCUT2D eigenvalue weighted by molar-refractivity contribution is 9.10. The van der Waals surface area contributed by atoms with Gasteiger partial charge >= 0.3 is 0 Å². The topological polar surface area (TPSA) is 38.0 Å². The van der Waals surface area contributed by atoms with Crippen LogP contribution in [0.15, 0.2) is 46.9 Å². The maximum atomic E-state index is 5.73. The normalized spacial score (nSPS) is 10.1. The summed E-state index contributed by atoms with van der Waals surface area (Å²) in [4.78, 5) is 0. The molecule has 0 bridgehead atoms. The molecule has 0 aliphatic carbocycles. The molecule has 2 aromatic carbocycles. The van der Waals surface area contributed by atoms with Crippen LogP contribution in [0.2, 0.25) is 0 Å². The summed E-state index contributed by atoms with van der Waals surface area (Å²) in [6.45, 7) is 2.07. The van der Waals surface area contributed by atoms with Crippen LogP contribution in [0.3, 0.4) is 0 Å². The number of rotatable bonds is 2. The molecule has 0 radical (unpaired) electrons. The highest BCUT2D eigenvalue weighted by Gasteiger charge is 2.00. The molecule has 0 saturated heterocycles. The summed E-state index contributed by atoms with van der Waals surface area (Å²) in [6, 6.07) is 13.9. The molecule has 2 nitrogen and oxygen atoms in total. The van der Waals surface area contributed by atoms with Gasteiger partial charge in [-0.15, -0.1) is 0 Å². The molecule has 16 heavy (non-hydrogen) atoms. The van der Waals surface area contributed by atoms with Gasteiger partial charge in [0.15, 0.2) is 0 Å². The molecule has 2 aromatic rings. The zero-order valence-corrected chi connectivity index (χ0v) is 10.6. The molecule has 0 aliphatic rings.